The molecule has 0 saturated carbocycles. The Hall–Kier alpha value is -3.76. The molecule has 10 heteroatoms. The average molecular weight is 695 g/mol. The highest BCUT2D eigenvalue weighted by Crippen LogP contribution is 2.53. The van der Waals surface area contributed by atoms with Crippen LogP contribution in [-0.4, -0.2) is 42.7 Å². The number of anilines is 1. The summed E-state index contributed by atoms with van der Waals surface area (Å²) in [6.45, 7) is 0. The molecule has 8 nitrogen and oxygen atoms in total. The number of halogens is 2. The van der Waals surface area contributed by atoms with Gasteiger partial charge in [-0.25, -0.2) is 0 Å². The summed E-state index contributed by atoms with van der Waals surface area (Å²) in [6, 6.07) is 10.3. The predicted molar refractivity (Wildman–Crippen MR) is 162 cm³/mol. The standard InChI is InChI=1S/C32H25Br2NO7/c1-41-25-11-15(12-26(42-2)30(25)38)3-8-19-18-9-10-20-28(21(18)13-22-27(19)24(36)14-23(34)29(22)37)32(40)35(31(20)39)17-6-4-16(33)5-7-17/h3-9,11-12,14,19-21,28,38H,10,13H2,1-2H3. The number of methoxy groups -OCH3 is 2. The lowest BCUT2D eigenvalue weighted by molar-refractivity contribution is -0.123. The van der Waals surface area contributed by atoms with E-state index in [4.69, 9.17) is 9.47 Å². The maximum Gasteiger partial charge on any atom is 0.238 e. The number of carbonyl (C=O) groups excluding carboxylic acids is 4. The maximum atomic E-state index is 13.9. The van der Waals surface area contributed by atoms with Gasteiger partial charge in [-0.15, -0.1) is 0 Å². The molecule has 4 unspecified atom stereocenters. The maximum absolute atomic E-state index is 13.9. The fourth-order valence-corrected chi connectivity index (χ4v) is 7.26. The van der Waals surface area contributed by atoms with Crippen LogP contribution in [-0.2, 0) is 19.2 Å². The minimum absolute atomic E-state index is 0.135. The molecular weight excluding hydrogens is 670 g/mol. The minimum Gasteiger partial charge on any atom is -0.502 e. The highest BCUT2D eigenvalue weighted by atomic mass is 79.9. The van der Waals surface area contributed by atoms with Crippen LogP contribution in [0, 0.1) is 23.7 Å². The van der Waals surface area contributed by atoms with Crippen LogP contribution >= 0.6 is 31.9 Å². The Bertz CT molecular complexity index is 1660. The van der Waals surface area contributed by atoms with Crippen LogP contribution in [0.5, 0.6) is 17.2 Å². The molecule has 4 atom stereocenters. The highest BCUT2D eigenvalue weighted by Gasteiger charge is 2.56. The molecular formula is C32H25Br2NO7. The Balaban J connectivity index is 1.43. The average Bonchev–Trinajstić information content (AvgIpc) is 3.24. The molecule has 3 aliphatic carbocycles. The molecule has 2 aromatic rings. The van der Waals surface area contributed by atoms with Gasteiger partial charge in [0, 0.05) is 27.6 Å². The van der Waals surface area contributed by atoms with Gasteiger partial charge in [-0.2, -0.15) is 0 Å². The summed E-state index contributed by atoms with van der Waals surface area (Å²) >= 11 is 6.64. The smallest absolute Gasteiger partial charge is 0.238 e. The van der Waals surface area contributed by atoms with Crippen molar-refractivity contribution in [2.24, 2.45) is 23.7 Å². The zero-order chi connectivity index (χ0) is 29.9. The van der Waals surface area contributed by atoms with Crippen LogP contribution in [0.15, 0.2) is 80.3 Å². The first kappa shape index (κ1) is 28.4. The fourth-order valence-electron chi connectivity index (χ4n) is 6.55. The second kappa shape index (κ2) is 10.8. The van der Waals surface area contributed by atoms with Crippen LogP contribution in [0.2, 0.25) is 0 Å². The number of benzene rings is 2. The largest absolute Gasteiger partial charge is 0.502 e. The Morgan fingerprint density at radius 1 is 0.952 bits per heavy atom. The van der Waals surface area contributed by atoms with E-state index in [2.05, 4.69) is 31.9 Å². The van der Waals surface area contributed by atoms with E-state index in [1.54, 1.807) is 42.5 Å². The molecule has 0 radical (unpaired) electrons. The Morgan fingerprint density at radius 3 is 2.26 bits per heavy atom. The first-order valence-electron chi connectivity index (χ1n) is 13.3. The first-order valence-corrected chi connectivity index (χ1v) is 14.9. The van der Waals surface area contributed by atoms with Crippen LogP contribution < -0.4 is 14.4 Å². The number of aromatic hydroxyl groups is 1. The molecule has 2 amide bonds. The van der Waals surface area contributed by atoms with Crippen LogP contribution in [0.3, 0.4) is 0 Å². The van der Waals surface area contributed by atoms with Gasteiger partial charge in [-0.05, 0) is 76.7 Å². The zero-order valence-electron chi connectivity index (χ0n) is 22.6. The lowest BCUT2D eigenvalue weighted by atomic mass is 9.61. The van der Waals surface area contributed by atoms with E-state index >= 15 is 0 Å². The number of phenolic OH excluding ortho intramolecular Hbond substituents is 1. The predicted octanol–water partition coefficient (Wildman–Crippen LogP) is 5.68. The molecule has 42 heavy (non-hydrogen) atoms. The quantitative estimate of drug-likeness (QED) is 0.244. The molecule has 4 aliphatic rings. The summed E-state index contributed by atoms with van der Waals surface area (Å²) in [4.78, 5) is 55.5. The molecule has 1 aliphatic heterocycles. The molecule has 1 saturated heterocycles. The second-order valence-electron chi connectivity index (χ2n) is 10.6. The summed E-state index contributed by atoms with van der Waals surface area (Å²) in [7, 11) is 2.87. The summed E-state index contributed by atoms with van der Waals surface area (Å²) < 4.78 is 11.6. The number of ether oxygens (including phenoxy) is 2. The number of amides is 2. The molecule has 0 bridgehead atoms. The van der Waals surface area contributed by atoms with E-state index in [9.17, 15) is 24.3 Å². The number of phenols is 1. The van der Waals surface area contributed by atoms with Crippen molar-refractivity contribution in [1.29, 1.82) is 0 Å². The van der Waals surface area contributed by atoms with Crippen molar-refractivity contribution in [3.63, 3.8) is 0 Å². The highest BCUT2D eigenvalue weighted by molar-refractivity contribution is 9.12. The number of fused-ring (bicyclic) bond motifs is 3. The van der Waals surface area contributed by atoms with Crippen LogP contribution in [0.25, 0.3) is 6.08 Å². The molecule has 1 fully saturated rings. The van der Waals surface area contributed by atoms with E-state index < -0.39 is 23.7 Å². The van der Waals surface area contributed by atoms with Gasteiger partial charge < -0.3 is 14.6 Å². The van der Waals surface area contributed by atoms with Crippen molar-refractivity contribution in [3.05, 3.63) is 85.9 Å². The van der Waals surface area contributed by atoms with Crippen LogP contribution in [0.1, 0.15) is 18.4 Å². The van der Waals surface area contributed by atoms with Crippen molar-refractivity contribution in [1.82, 2.24) is 0 Å². The number of hydrogen-bond acceptors (Lipinski definition) is 7. The molecule has 6 rings (SSSR count). The third-order valence-electron chi connectivity index (χ3n) is 8.45. The van der Waals surface area contributed by atoms with Crippen molar-refractivity contribution in [3.8, 4) is 17.2 Å². The number of Topliss-reactive ketones (excluding diaryl/α,β-unsaturated/α-hetero) is 1. The normalized spacial score (nSPS) is 25.3. The van der Waals surface area contributed by atoms with Crippen LogP contribution in [0.4, 0.5) is 5.69 Å². The Morgan fingerprint density at radius 2 is 1.62 bits per heavy atom. The molecule has 2 aromatic carbocycles. The molecule has 1 N–H and O–H groups in total. The molecule has 1 heterocycles. The number of nitrogens with zero attached hydrogens (tertiary/aromatic N) is 1. The Labute approximate surface area is 258 Å². The third-order valence-corrected chi connectivity index (χ3v) is 9.57. The van der Waals surface area contributed by atoms with Gasteiger partial charge >= 0.3 is 0 Å². The van der Waals surface area contributed by atoms with Gasteiger partial charge in [0.1, 0.15) is 0 Å². The molecule has 214 valence electrons. The molecule has 0 spiro atoms. The Kier molecular flexibility index (Phi) is 7.31. The van der Waals surface area contributed by atoms with Crippen molar-refractivity contribution in [2.75, 3.05) is 19.1 Å². The van der Waals surface area contributed by atoms with Gasteiger partial charge in [0.05, 0.1) is 36.2 Å². The lowest BCUT2D eigenvalue weighted by Crippen LogP contribution is -2.40. The van der Waals surface area contributed by atoms with Gasteiger partial charge in [0.15, 0.2) is 23.1 Å². The van der Waals surface area contributed by atoms with E-state index in [0.717, 1.165) is 10.0 Å². The number of rotatable bonds is 5. The van der Waals surface area contributed by atoms with Crippen molar-refractivity contribution < 1.29 is 33.8 Å². The van der Waals surface area contributed by atoms with Gasteiger partial charge in [-0.3, -0.25) is 24.1 Å². The van der Waals surface area contributed by atoms with E-state index in [-0.39, 0.29) is 51.5 Å². The summed E-state index contributed by atoms with van der Waals surface area (Å²) in [5.74, 6) is -3.08. The van der Waals surface area contributed by atoms with Crippen molar-refractivity contribution in [2.45, 2.75) is 12.8 Å². The third kappa shape index (κ3) is 4.48. The van der Waals surface area contributed by atoms with E-state index in [0.29, 0.717) is 28.8 Å². The summed E-state index contributed by atoms with van der Waals surface area (Å²) in [5.41, 5.74) is 2.71. The number of allylic oxidation sites excluding steroid dienone is 7. The van der Waals surface area contributed by atoms with Gasteiger partial charge in [-0.1, -0.05) is 39.7 Å². The zero-order valence-corrected chi connectivity index (χ0v) is 25.8. The second-order valence-corrected chi connectivity index (χ2v) is 12.3. The monoisotopic (exact) mass is 693 g/mol. The van der Waals surface area contributed by atoms with E-state index in [1.807, 2.05) is 12.2 Å². The van der Waals surface area contributed by atoms with Gasteiger partial charge in [0.2, 0.25) is 17.6 Å². The minimum atomic E-state index is -0.660. The first-order chi connectivity index (χ1) is 20.1. The number of hydrogen-bond donors (Lipinski definition) is 1. The summed E-state index contributed by atoms with van der Waals surface area (Å²) in [6.07, 6.45) is 7.39. The molecule has 0 aromatic heterocycles. The fraction of sp³-hybridized carbons (Fsp3) is 0.250. The van der Waals surface area contributed by atoms with E-state index in [1.165, 1.54) is 25.2 Å². The lowest BCUT2D eigenvalue weighted by Gasteiger charge is -2.41. The number of carbonyl (C=O) groups is 4. The SMILES string of the molecule is COc1cc(C=CC2C3=CCC4C(=O)N(c5ccc(Br)cc5)C(=O)C4C3CC3=C2C(=O)C=C(Br)C3=O)cc(OC)c1O. The number of ketones is 2. The number of imide groups is 1. The van der Waals surface area contributed by atoms with Gasteiger partial charge in [0.25, 0.3) is 0 Å². The summed E-state index contributed by atoms with van der Waals surface area (Å²) in [5, 5.41) is 10.3. The van der Waals surface area contributed by atoms with Crippen molar-refractivity contribution >= 4 is 67.0 Å². The topological polar surface area (TPSA) is 110 Å².